The number of nitrogens with zero attached hydrogens (tertiary/aromatic N) is 4. The smallest absolute Gasteiger partial charge is 0.175 e. The molecule has 1 spiro atoms. The molecule has 8 heteroatoms. The topological polar surface area (TPSA) is 71.4 Å². The number of aryl methyl sites for hydroxylation is 1. The van der Waals surface area contributed by atoms with Gasteiger partial charge >= 0.3 is 0 Å². The van der Waals surface area contributed by atoms with Crippen molar-refractivity contribution in [3.63, 3.8) is 0 Å². The van der Waals surface area contributed by atoms with E-state index in [9.17, 15) is 9.50 Å². The molecular formula is C30H32F2N4O2. The Morgan fingerprint density at radius 2 is 1.92 bits per heavy atom. The fourth-order valence-electron chi connectivity index (χ4n) is 5.83. The van der Waals surface area contributed by atoms with Crippen molar-refractivity contribution in [2.24, 2.45) is 0 Å². The number of fused-ring (bicyclic) bond motifs is 2. The molecule has 0 unspecified atom stereocenters. The summed E-state index contributed by atoms with van der Waals surface area (Å²) in [5.41, 5.74) is 0.412. The first-order chi connectivity index (χ1) is 18.1. The highest BCUT2D eigenvalue weighted by Crippen LogP contribution is 2.41. The number of benzene rings is 2. The molecule has 2 aliphatic rings. The van der Waals surface area contributed by atoms with Crippen LogP contribution in [0, 0.1) is 11.6 Å². The molecular weight excluding hydrogens is 486 g/mol. The van der Waals surface area contributed by atoms with Crippen LogP contribution in [-0.2, 0) is 16.6 Å². The Morgan fingerprint density at radius 1 is 1.13 bits per heavy atom. The van der Waals surface area contributed by atoms with Gasteiger partial charge in [0.1, 0.15) is 34.4 Å². The van der Waals surface area contributed by atoms with E-state index in [1.54, 1.807) is 18.3 Å². The van der Waals surface area contributed by atoms with Gasteiger partial charge in [0.2, 0.25) is 0 Å². The number of rotatable bonds is 3. The van der Waals surface area contributed by atoms with Gasteiger partial charge in [0.25, 0.3) is 0 Å². The highest BCUT2D eigenvalue weighted by Gasteiger charge is 2.43. The number of aromatic hydroxyl groups is 1. The van der Waals surface area contributed by atoms with E-state index in [0.29, 0.717) is 51.9 Å². The molecule has 2 saturated heterocycles. The third-order valence-corrected chi connectivity index (χ3v) is 7.90. The van der Waals surface area contributed by atoms with Crippen LogP contribution in [0.15, 0.2) is 30.5 Å². The highest BCUT2D eigenvalue weighted by atomic mass is 19.1. The quantitative estimate of drug-likeness (QED) is 0.336. The maximum Gasteiger partial charge on any atom is 0.175 e. The van der Waals surface area contributed by atoms with E-state index in [1.165, 1.54) is 12.1 Å². The fraction of sp³-hybridized carbons (Fsp3) is 0.433. The number of halogens is 2. The van der Waals surface area contributed by atoms with Gasteiger partial charge in [-0.2, -0.15) is 0 Å². The standard InChI is InChI=1S/C30H32F2N4O2/c1-5-19-22(31)8-7-17-13-18(37)14-20(23(17)19)25-24(32)26-21(15-33-25)27(35-28(34-26)29(2,3)4)36-11-6-9-30(16-36)10-12-38-30/h7-8,13-15,37H,5-6,9-12,16H2,1-4H3/t30-/m0/s1. The van der Waals surface area contributed by atoms with Crippen LogP contribution < -0.4 is 4.90 Å². The zero-order valence-electron chi connectivity index (χ0n) is 22.2. The van der Waals surface area contributed by atoms with Gasteiger partial charge < -0.3 is 14.7 Å². The first-order valence-corrected chi connectivity index (χ1v) is 13.3. The summed E-state index contributed by atoms with van der Waals surface area (Å²) in [5, 5.41) is 12.2. The fourth-order valence-corrected chi connectivity index (χ4v) is 5.83. The maximum absolute atomic E-state index is 16.5. The summed E-state index contributed by atoms with van der Waals surface area (Å²) in [7, 11) is 0. The molecule has 0 bridgehead atoms. The number of phenolic OH excluding ortho intramolecular Hbond substituents is 1. The van der Waals surface area contributed by atoms with Gasteiger partial charge in [-0.25, -0.2) is 18.7 Å². The minimum atomic E-state index is -0.610. The average Bonchev–Trinajstić information content (AvgIpc) is 2.87. The van der Waals surface area contributed by atoms with Crippen molar-refractivity contribution < 1.29 is 18.6 Å². The lowest BCUT2D eigenvalue weighted by Gasteiger charge is -2.49. The zero-order chi connectivity index (χ0) is 26.8. The summed E-state index contributed by atoms with van der Waals surface area (Å²) in [6, 6.07) is 5.98. The van der Waals surface area contributed by atoms with Gasteiger partial charge in [0, 0.05) is 36.7 Å². The number of piperidine rings is 1. The summed E-state index contributed by atoms with van der Waals surface area (Å²) < 4.78 is 37.3. The van der Waals surface area contributed by atoms with E-state index in [2.05, 4.69) is 9.88 Å². The van der Waals surface area contributed by atoms with E-state index in [-0.39, 0.29) is 28.4 Å². The molecule has 38 heavy (non-hydrogen) atoms. The van der Waals surface area contributed by atoms with Crippen LogP contribution in [0.3, 0.4) is 0 Å². The number of hydrogen-bond acceptors (Lipinski definition) is 6. The van der Waals surface area contributed by atoms with Crippen molar-refractivity contribution in [1.82, 2.24) is 15.0 Å². The van der Waals surface area contributed by atoms with E-state index < -0.39 is 11.2 Å². The number of hydrogen-bond donors (Lipinski definition) is 1. The van der Waals surface area contributed by atoms with Crippen LogP contribution >= 0.6 is 0 Å². The monoisotopic (exact) mass is 518 g/mol. The molecule has 6 nitrogen and oxygen atoms in total. The van der Waals surface area contributed by atoms with E-state index in [1.807, 2.05) is 27.7 Å². The molecule has 2 fully saturated rings. The van der Waals surface area contributed by atoms with Gasteiger partial charge in [0.05, 0.1) is 17.6 Å². The number of phenols is 1. The van der Waals surface area contributed by atoms with Crippen molar-refractivity contribution in [3.8, 4) is 17.0 Å². The number of pyridine rings is 1. The Labute approximate surface area is 220 Å². The second kappa shape index (κ2) is 8.83. The molecule has 2 aliphatic heterocycles. The Morgan fingerprint density at radius 3 is 2.61 bits per heavy atom. The van der Waals surface area contributed by atoms with Crippen LogP contribution in [0.4, 0.5) is 14.6 Å². The lowest BCUT2D eigenvalue weighted by molar-refractivity contribution is -0.151. The largest absolute Gasteiger partial charge is 0.508 e. The Kier molecular flexibility index (Phi) is 5.79. The van der Waals surface area contributed by atoms with E-state index in [4.69, 9.17) is 14.7 Å². The molecule has 0 aliphatic carbocycles. The minimum absolute atomic E-state index is 0.0284. The van der Waals surface area contributed by atoms with Crippen molar-refractivity contribution in [1.29, 1.82) is 0 Å². The van der Waals surface area contributed by atoms with E-state index in [0.717, 1.165) is 32.4 Å². The Balaban J connectivity index is 1.60. The molecule has 0 amide bonds. The highest BCUT2D eigenvalue weighted by molar-refractivity contribution is 6.01. The summed E-state index contributed by atoms with van der Waals surface area (Å²) in [4.78, 5) is 16.4. The molecule has 0 saturated carbocycles. The Hall–Kier alpha value is -3.39. The summed E-state index contributed by atoms with van der Waals surface area (Å²) in [6.45, 7) is 10.1. The van der Waals surface area contributed by atoms with Crippen LogP contribution in [0.5, 0.6) is 5.75 Å². The number of ether oxygens (including phenoxy) is 1. The van der Waals surface area contributed by atoms with Gasteiger partial charge in [-0.1, -0.05) is 33.8 Å². The molecule has 2 aromatic heterocycles. The molecule has 1 N–H and O–H groups in total. The summed E-state index contributed by atoms with van der Waals surface area (Å²) in [6.07, 6.45) is 5.01. The molecule has 6 rings (SSSR count). The molecule has 1 atom stereocenters. The zero-order valence-corrected chi connectivity index (χ0v) is 22.2. The van der Waals surface area contributed by atoms with Gasteiger partial charge in [-0.05, 0) is 53.8 Å². The van der Waals surface area contributed by atoms with Crippen molar-refractivity contribution in [3.05, 3.63) is 53.5 Å². The first-order valence-electron chi connectivity index (χ1n) is 13.3. The summed E-state index contributed by atoms with van der Waals surface area (Å²) >= 11 is 0. The van der Waals surface area contributed by atoms with Crippen LogP contribution in [0.1, 0.15) is 58.3 Å². The lowest BCUT2D eigenvalue weighted by Crippen LogP contribution is -2.56. The predicted octanol–water partition coefficient (Wildman–Crippen LogP) is 6.45. The first kappa shape index (κ1) is 24.9. The lowest BCUT2D eigenvalue weighted by atomic mass is 9.85. The number of anilines is 1. The Bertz CT molecular complexity index is 1580. The molecule has 2 aromatic carbocycles. The third kappa shape index (κ3) is 3.97. The van der Waals surface area contributed by atoms with Crippen LogP contribution in [-0.4, -0.2) is 45.4 Å². The second-order valence-electron chi connectivity index (χ2n) is 11.6. The van der Waals surface area contributed by atoms with Crippen LogP contribution in [0.2, 0.25) is 0 Å². The number of aromatic nitrogens is 3. The second-order valence-corrected chi connectivity index (χ2v) is 11.6. The van der Waals surface area contributed by atoms with Crippen molar-refractivity contribution in [2.75, 3.05) is 24.6 Å². The van der Waals surface area contributed by atoms with Crippen molar-refractivity contribution in [2.45, 2.75) is 64.4 Å². The molecule has 4 aromatic rings. The predicted molar refractivity (Wildman–Crippen MR) is 145 cm³/mol. The maximum atomic E-state index is 16.5. The van der Waals surface area contributed by atoms with E-state index >= 15 is 4.39 Å². The average molecular weight is 519 g/mol. The molecule has 198 valence electrons. The van der Waals surface area contributed by atoms with Gasteiger partial charge in [-0.15, -0.1) is 0 Å². The normalized spacial score (nSPS) is 19.9. The van der Waals surface area contributed by atoms with Crippen molar-refractivity contribution >= 4 is 27.5 Å². The SMILES string of the molecule is CCc1c(F)ccc2cc(O)cc(-c3ncc4c(N5CCC[C@]6(CCO6)C5)nc(C(C)(C)C)nc4c3F)c12. The van der Waals surface area contributed by atoms with Gasteiger partial charge in [0.15, 0.2) is 5.82 Å². The van der Waals surface area contributed by atoms with Gasteiger partial charge in [-0.3, -0.25) is 4.98 Å². The third-order valence-electron chi connectivity index (χ3n) is 7.90. The molecule has 4 heterocycles. The summed E-state index contributed by atoms with van der Waals surface area (Å²) in [5.74, 6) is 0.173. The van der Waals surface area contributed by atoms with Crippen LogP contribution in [0.25, 0.3) is 32.9 Å². The minimum Gasteiger partial charge on any atom is -0.508 e. The molecule has 0 radical (unpaired) electrons.